The number of benzene rings is 2. The SMILES string of the molecule is COc1ccccc1-c1cnc(C(O)c2ccc(C)cc2C)[nH]1. The van der Waals surface area contributed by atoms with Gasteiger partial charge in [0.05, 0.1) is 19.0 Å². The van der Waals surface area contributed by atoms with Crippen molar-refractivity contribution < 1.29 is 9.84 Å². The van der Waals surface area contributed by atoms with E-state index in [9.17, 15) is 5.11 Å². The van der Waals surface area contributed by atoms with Gasteiger partial charge in [-0.2, -0.15) is 0 Å². The number of aromatic nitrogens is 2. The number of nitrogens with one attached hydrogen (secondary N) is 1. The number of H-pyrrole nitrogens is 1. The molecule has 23 heavy (non-hydrogen) atoms. The Bertz CT molecular complexity index is 824. The summed E-state index contributed by atoms with van der Waals surface area (Å²) in [5, 5.41) is 10.6. The quantitative estimate of drug-likeness (QED) is 0.771. The Balaban J connectivity index is 1.95. The lowest BCUT2D eigenvalue weighted by molar-refractivity contribution is 0.210. The summed E-state index contributed by atoms with van der Waals surface area (Å²) in [6.07, 6.45) is 0.944. The van der Waals surface area contributed by atoms with E-state index in [1.54, 1.807) is 13.3 Å². The Morgan fingerprint density at radius 2 is 1.91 bits per heavy atom. The lowest BCUT2D eigenvalue weighted by Crippen LogP contribution is -2.04. The lowest BCUT2D eigenvalue weighted by atomic mass is 10.0. The van der Waals surface area contributed by atoms with E-state index in [4.69, 9.17) is 4.74 Å². The molecule has 2 N–H and O–H groups in total. The van der Waals surface area contributed by atoms with Crippen LogP contribution < -0.4 is 4.74 Å². The van der Waals surface area contributed by atoms with Gasteiger partial charge in [0.25, 0.3) is 0 Å². The van der Waals surface area contributed by atoms with E-state index in [1.807, 2.05) is 50.2 Å². The van der Waals surface area contributed by atoms with Crippen LogP contribution in [0, 0.1) is 13.8 Å². The molecule has 0 amide bonds. The largest absolute Gasteiger partial charge is 0.496 e. The van der Waals surface area contributed by atoms with Crippen LogP contribution in [0.15, 0.2) is 48.7 Å². The summed E-state index contributed by atoms with van der Waals surface area (Å²) in [5.41, 5.74) is 4.82. The highest BCUT2D eigenvalue weighted by Crippen LogP contribution is 2.30. The molecular weight excluding hydrogens is 288 g/mol. The van der Waals surface area contributed by atoms with Gasteiger partial charge >= 0.3 is 0 Å². The summed E-state index contributed by atoms with van der Waals surface area (Å²) in [4.78, 5) is 7.55. The van der Waals surface area contributed by atoms with Gasteiger partial charge in [0.15, 0.2) is 0 Å². The number of para-hydroxylation sites is 1. The summed E-state index contributed by atoms with van der Waals surface area (Å²) in [5.74, 6) is 1.29. The Hall–Kier alpha value is -2.59. The molecule has 0 bridgehead atoms. The fourth-order valence-corrected chi connectivity index (χ4v) is 2.76. The average molecular weight is 308 g/mol. The van der Waals surface area contributed by atoms with Crippen LogP contribution in [0.2, 0.25) is 0 Å². The van der Waals surface area contributed by atoms with Crippen molar-refractivity contribution in [2.75, 3.05) is 7.11 Å². The minimum absolute atomic E-state index is 0.526. The molecule has 4 heteroatoms. The first-order valence-corrected chi connectivity index (χ1v) is 7.53. The van der Waals surface area contributed by atoms with Gasteiger partial charge in [0.1, 0.15) is 17.7 Å². The van der Waals surface area contributed by atoms with Crippen molar-refractivity contribution in [2.24, 2.45) is 0 Å². The summed E-state index contributed by atoms with van der Waals surface area (Å²) < 4.78 is 5.38. The number of imidazole rings is 1. The third-order valence-corrected chi connectivity index (χ3v) is 3.97. The second kappa shape index (κ2) is 6.26. The minimum atomic E-state index is -0.779. The summed E-state index contributed by atoms with van der Waals surface area (Å²) >= 11 is 0. The predicted octanol–water partition coefficient (Wildman–Crippen LogP) is 3.78. The molecule has 1 heterocycles. The minimum Gasteiger partial charge on any atom is -0.496 e. The number of aliphatic hydroxyl groups excluding tert-OH is 1. The number of aromatic amines is 1. The maximum absolute atomic E-state index is 10.6. The molecule has 0 fully saturated rings. The van der Waals surface area contributed by atoms with Gasteiger partial charge in [-0.05, 0) is 37.1 Å². The van der Waals surface area contributed by atoms with E-state index in [0.717, 1.165) is 28.1 Å². The fourth-order valence-electron chi connectivity index (χ4n) is 2.76. The zero-order valence-corrected chi connectivity index (χ0v) is 13.5. The van der Waals surface area contributed by atoms with E-state index in [0.29, 0.717) is 5.82 Å². The maximum Gasteiger partial charge on any atom is 0.140 e. The van der Waals surface area contributed by atoms with Crippen LogP contribution in [-0.2, 0) is 0 Å². The molecule has 3 rings (SSSR count). The van der Waals surface area contributed by atoms with Crippen LogP contribution >= 0.6 is 0 Å². The van der Waals surface area contributed by atoms with Crippen LogP contribution in [0.25, 0.3) is 11.3 Å². The van der Waals surface area contributed by atoms with Crippen LogP contribution in [0.4, 0.5) is 0 Å². The number of rotatable bonds is 4. The summed E-state index contributed by atoms with van der Waals surface area (Å²) in [6, 6.07) is 13.7. The van der Waals surface area contributed by atoms with Crippen molar-refractivity contribution >= 4 is 0 Å². The molecule has 0 aliphatic carbocycles. The van der Waals surface area contributed by atoms with Gasteiger partial charge in [-0.3, -0.25) is 0 Å². The smallest absolute Gasteiger partial charge is 0.140 e. The molecule has 1 unspecified atom stereocenters. The molecule has 0 spiro atoms. The number of aliphatic hydroxyl groups is 1. The number of ether oxygens (including phenoxy) is 1. The predicted molar refractivity (Wildman–Crippen MR) is 90.6 cm³/mol. The van der Waals surface area contributed by atoms with E-state index in [2.05, 4.69) is 16.0 Å². The van der Waals surface area contributed by atoms with E-state index in [-0.39, 0.29) is 0 Å². The first-order chi connectivity index (χ1) is 11.1. The second-order valence-corrected chi connectivity index (χ2v) is 5.64. The van der Waals surface area contributed by atoms with Gasteiger partial charge in [0, 0.05) is 5.56 Å². The molecule has 118 valence electrons. The Labute approximate surface area is 135 Å². The molecule has 1 atom stereocenters. The topological polar surface area (TPSA) is 58.1 Å². The Morgan fingerprint density at radius 3 is 2.65 bits per heavy atom. The third-order valence-electron chi connectivity index (χ3n) is 3.97. The fraction of sp³-hybridized carbons (Fsp3) is 0.211. The number of hydrogen-bond donors (Lipinski definition) is 2. The number of aryl methyl sites for hydroxylation is 2. The van der Waals surface area contributed by atoms with Crippen LogP contribution in [0.3, 0.4) is 0 Å². The third kappa shape index (κ3) is 2.98. The first-order valence-electron chi connectivity index (χ1n) is 7.53. The van der Waals surface area contributed by atoms with Gasteiger partial charge < -0.3 is 14.8 Å². The monoisotopic (exact) mass is 308 g/mol. The molecule has 2 aromatic carbocycles. The van der Waals surface area contributed by atoms with Crippen molar-refractivity contribution in [3.8, 4) is 17.0 Å². The highest BCUT2D eigenvalue weighted by Gasteiger charge is 2.17. The highest BCUT2D eigenvalue weighted by atomic mass is 16.5. The second-order valence-electron chi connectivity index (χ2n) is 5.64. The van der Waals surface area contributed by atoms with Crippen LogP contribution in [-0.4, -0.2) is 22.2 Å². The molecule has 0 aliphatic heterocycles. The van der Waals surface area contributed by atoms with Gasteiger partial charge in [0.2, 0.25) is 0 Å². The molecule has 0 radical (unpaired) electrons. The van der Waals surface area contributed by atoms with Gasteiger partial charge in [-0.15, -0.1) is 0 Å². The Morgan fingerprint density at radius 1 is 1.13 bits per heavy atom. The normalized spacial score (nSPS) is 12.2. The van der Waals surface area contributed by atoms with Crippen molar-refractivity contribution in [2.45, 2.75) is 20.0 Å². The molecule has 0 saturated carbocycles. The van der Waals surface area contributed by atoms with E-state index in [1.165, 1.54) is 5.56 Å². The maximum atomic E-state index is 10.6. The van der Waals surface area contributed by atoms with Crippen molar-refractivity contribution in [3.63, 3.8) is 0 Å². The average Bonchev–Trinajstić information content (AvgIpc) is 3.04. The van der Waals surface area contributed by atoms with E-state index < -0.39 is 6.10 Å². The summed E-state index contributed by atoms with van der Waals surface area (Å²) in [7, 11) is 1.64. The molecular formula is C19H20N2O2. The molecule has 3 aromatic rings. The lowest BCUT2D eigenvalue weighted by Gasteiger charge is -2.12. The van der Waals surface area contributed by atoms with Gasteiger partial charge in [-0.25, -0.2) is 4.98 Å². The number of nitrogens with zero attached hydrogens (tertiary/aromatic N) is 1. The molecule has 0 aliphatic rings. The van der Waals surface area contributed by atoms with Crippen LogP contribution in [0.1, 0.15) is 28.6 Å². The number of hydrogen-bond acceptors (Lipinski definition) is 3. The zero-order valence-electron chi connectivity index (χ0n) is 13.5. The molecule has 1 aromatic heterocycles. The van der Waals surface area contributed by atoms with Crippen LogP contribution in [0.5, 0.6) is 5.75 Å². The van der Waals surface area contributed by atoms with E-state index >= 15 is 0 Å². The summed E-state index contributed by atoms with van der Waals surface area (Å²) in [6.45, 7) is 4.03. The highest BCUT2D eigenvalue weighted by molar-refractivity contribution is 5.66. The van der Waals surface area contributed by atoms with Crippen molar-refractivity contribution in [1.82, 2.24) is 9.97 Å². The van der Waals surface area contributed by atoms with Gasteiger partial charge in [-0.1, -0.05) is 35.9 Å². The molecule has 4 nitrogen and oxygen atoms in total. The first kappa shape index (κ1) is 15.3. The standard InChI is InChI=1S/C19H20N2O2/c1-12-8-9-14(13(2)10-12)18(22)19-20-11-16(21-19)15-6-4-5-7-17(15)23-3/h4-11,18,22H,1-3H3,(H,20,21). The number of methoxy groups -OCH3 is 1. The van der Waals surface area contributed by atoms with Crippen molar-refractivity contribution in [3.05, 3.63) is 71.2 Å². The van der Waals surface area contributed by atoms with Crippen molar-refractivity contribution in [1.29, 1.82) is 0 Å². The Kier molecular flexibility index (Phi) is 4.17. The zero-order chi connectivity index (χ0) is 16.4. The molecule has 0 saturated heterocycles.